The molecule has 0 amide bonds. The van der Waals surface area contributed by atoms with E-state index in [-0.39, 0.29) is 0 Å². The minimum Gasteiger partial charge on any atom is -0.389 e. The molecule has 0 radical (unpaired) electrons. The van der Waals surface area contributed by atoms with Crippen LogP contribution in [0.25, 0.3) is 22.6 Å². The third-order valence-corrected chi connectivity index (χ3v) is 4.66. The largest absolute Gasteiger partial charge is 0.389 e. The van der Waals surface area contributed by atoms with Crippen molar-refractivity contribution in [1.29, 1.82) is 0 Å². The molecule has 132 valence electrons. The SMILES string of the molecule is Cc1cc2ncn(CC(O)Cn3ccnc3-c3ccccn3)c2cc1C. The van der Waals surface area contributed by atoms with Gasteiger partial charge in [-0.3, -0.25) is 4.98 Å². The lowest BCUT2D eigenvalue weighted by molar-refractivity contribution is 0.136. The summed E-state index contributed by atoms with van der Waals surface area (Å²) in [5.41, 5.74) is 5.24. The Hall–Kier alpha value is -2.99. The van der Waals surface area contributed by atoms with Gasteiger partial charge in [-0.1, -0.05) is 6.07 Å². The van der Waals surface area contributed by atoms with E-state index in [1.165, 1.54) is 11.1 Å². The average molecular weight is 347 g/mol. The normalized spacial score (nSPS) is 12.6. The molecule has 0 aliphatic heterocycles. The zero-order valence-electron chi connectivity index (χ0n) is 14.9. The molecule has 1 N–H and O–H groups in total. The topological polar surface area (TPSA) is 68.8 Å². The van der Waals surface area contributed by atoms with Crippen LogP contribution in [0.3, 0.4) is 0 Å². The van der Waals surface area contributed by atoms with Gasteiger partial charge in [-0.15, -0.1) is 0 Å². The third-order valence-electron chi connectivity index (χ3n) is 4.66. The fourth-order valence-electron chi connectivity index (χ4n) is 3.16. The maximum Gasteiger partial charge on any atom is 0.158 e. The summed E-state index contributed by atoms with van der Waals surface area (Å²) in [5, 5.41) is 10.6. The van der Waals surface area contributed by atoms with Crippen molar-refractivity contribution >= 4 is 11.0 Å². The van der Waals surface area contributed by atoms with Gasteiger partial charge < -0.3 is 14.2 Å². The molecule has 1 atom stereocenters. The van der Waals surface area contributed by atoms with Gasteiger partial charge in [-0.25, -0.2) is 9.97 Å². The Morgan fingerprint density at radius 3 is 2.58 bits per heavy atom. The number of hydrogen-bond donors (Lipinski definition) is 1. The summed E-state index contributed by atoms with van der Waals surface area (Å²) in [6.07, 6.45) is 6.57. The van der Waals surface area contributed by atoms with E-state index in [1.807, 2.05) is 33.5 Å². The van der Waals surface area contributed by atoms with Crippen molar-refractivity contribution in [1.82, 2.24) is 24.1 Å². The Morgan fingerprint density at radius 2 is 1.77 bits per heavy atom. The van der Waals surface area contributed by atoms with Crippen molar-refractivity contribution in [3.05, 3.63) is 66.4 Å². The Kier molecular flexibility index (Phi) is 4.26. The fourth-order valence-corrected chi connectivity index (χ4v) is 3.16. The lowest BCUT2D eigenvalue weighted by Crippen LogP contribution is -2.22. The standard InChI is InChI=1S/C20H21N5O/c1-14-9-18-19(10-15(14)2)25(13-23-18)12-16(26)11-24-8-7-22-20(24)17-5-3-4-6-21-17/h3-10,13,16,26H,11-12H2,1-2H3. The quantitative estimate of drug-likeness (QED) is 0.603. The predicted octanol–water partition coefficient (Wildman–Crippen LogP) is 2.97. The van der Waals surface area contributed by atoms with Crippen LogP contribution in [-0.2, 0) is 13.1 Å². The van der Waals surface area contributed by atoms with E-state index >= 15 is 0 Å². The van der Waals surface area contributed by atoms with Crippen LogP contribution in [-0.4, -0.2) is 35.3 Å². The average Bonchev–Trinajstić information content (AvgIpc) is 3.24. The first kappa shape index (κ1) is 16.5. The molecule has 3 heterocycles. The van der Waals surface area contributed by atoms with Gasteiger partial charge in [0.25, 0.3) is 0 Å². The summed E-state index contributed by atoms with van der Waals surface area (Å²) in [4.78, 5) is 13.2. The molecule has 0 saturated carbocycles. The maximum atomic E-state index is 10.6. The highest BCUT2D eigenvalue weighted by atomic mass is 16.3. The van der Waals surface area contributed by atoms with Gasteiger partial charge in [0.15, 0.2) is 5.82 Å². The zero-order valence-corrected chi connectivity index (χ0v) is 14.9. The van der Waals surface area contributed by atoms with Crippen LogP contribution in [0.5, 0.6) is 0 Å². The van der Waals surface area contributed by atoms with Crippen molar-refractivity contribution in [3.63, 3.8) is 0 Å². The minimum atomic E-state index is -0.564. The van der Waals surface area contributed by atoms with Gasteiger partial charge in [0, 0.05) is 18.6 Å². The van der Waals surface area contributed by atoms with E-state index in [0.29, 0.717) is 13.1 Å². The highest BCUT2D eigenvalue weighted by molar-refractivity contribution is 5.77. The first-order valence-corrected chi connectivity index (χ1v) is 8.64. The van der Waals surface area contributed by atoms with Gasteiger partial charge in [0.1, 0.15) is 5.69 Å². The monoisotopic (exact) mass is 347 g/mol. The molecule has 1 unspecified atom stereocenters. The summed E-state index contributed by atoms with van der Waals surface area (Å²) in [6.45, 7) is 5.09. The highest BCUT2D eigenvalue weighted by Gasteiger charge is 2.13. The summed E-state index contributed by atoms with van der Waals surface area (Å²) in [6, 6.07) is 9.93. The maximum absolute atomic E-state index is 10.6. The van der Waals surface area contributed by atoms with Crippen molar-refractivity contribution < 1.29 is 5.11 Å². The van der Waals surface area contributed by atoms with E-state index in [2.05, 4.69) is 40.9 Å². The fraction of sp³-hybridized carbons (Fsp3) is 0.250. The number of pyridine rings is 1. The van der Waals surface area contributed by atoms with E-state index in [4.69, 9.17) is 0 Å². The summed E-state index contributed by atoms with van der Waals surface area (Å²) >= 11 is 0. The Morgan fingerprint density at radius 1 is 0.962 bits per heavy atom. The molecule has 0 aliphatic rings. The van der Waals surface area contributed by atoms with E-state index in [9.17, 15) is 5.11 Å². The summed E-state index contributed by atoms with van der Waals surface area (Å²) in [7, 11) is 0. The van der Waals surface area contributed by atoms with Crippen molar-refractivity contribution in [2.24, 2.45) is 0 Å². The van der Waals surface area contributed by atoms with E-state index < -0.39 is 6.10 Å². The molecule has 6 heteroatoms. The molecule has 0 bridgehead atoms. The molecule has 3 aromatic heterocycles. The number of aryl methyl sites for hydroxylation is 2. The number of aromatic nitrogens is 5. The number of benzene rings is 1. The molecule has 4 aromatic rings. The number of nitrogens with zero attached hydrogens (tertiary/aromatic N) is 5. The number of aliphatic hydroxyl groups is 1. The van der Waals surface area contributed by atoms with E-state index in [1.54, 1.807) is 18.7 Å². The Bertz CT molecular complexity index is 1030. The number of fused-ring (bicyclic) bond motifs is 1. The Balaban J connectivity index is 1.55. The van der Waals surface area contributed by atoms with Crippen LogP contribution in [0.2, 0.25) is 0 Å². The zero-order chi connectivity index (χ0) is 18.1. The molecule has 0 saturated heterocycles. The molecule has 0 aliphatic carbocycles. The second-order valence-electron chi connectivity index (χ2n) is 6.59. The lowest BCUT2D eigenvalue weighted by atomic mass is 10.1. The van der Waals surface area contributed by atoms with Crippen LogP contribution >= 0.6 is 0 Å². The van der Waals surface area contributed by atoms with Crippen LogP contribution in [0.1, 0.15) is 11.1 Å². The number of rotatable bonds is 5. The molecule has 1 aromatic carbocycles. The van der Waals surface area contributed by atoms with Crippen molar-refractivity contribution in [2.75, 3.05) is 0 Å². The van der Waals surface area contributed by atoms with Crippen LogP contribution in [0.4, 0.5) is 0 Å². The van der Waals surface area contributed by atoms with Gasteiger partial charge in [0.2, 0.25) is 0 Å². The second-order valence-corrected chi connectivity index (χ2v) is 6.59. The second kappa shape index (κ2) is 6.72. The van der Waals surface area contributed by atoms with Crippen molar-refractivity contribution in [3.8, 4) is 11.5 Å². The first-order chi connectivity index (χ1) is 12.6. The van der Waals surface area contributed by atoms with Gasteiger partial charge in [-0.2, -0.15) is 0 Å². The number of aliphatic hydroxyl groups excluding tert-OH is 1. The molecular weight excluding hydrogens is 326 g/mol. The minimum absolute atomic E-state index is 0.441. The summed E-state index contributed by atoms with van der Waals surface area (Å²) in [5.74, 6) is 0.756. The smallest absolute Gasteiger partial charge is 0.158 e. The van der Waals surface area contributed by atoms with Gasteiger partial charge in [-0.05, 0) is 49.2 Å². The van der Waals surface area contributed by atoms with Crippen LogP contribution in [0.15, 0.2) is 55.2 Å². The molecule has 6 nitrogen and oxygen atoms in total. The highest BCUT2D eigenvalue weighted by Crippen LogP contribution is 2.19. The van der Waals surface area contributed by atoms with Crippen LogP contribution < -0.4 is 0 Å². The van der Waals surface area contributed by atoms with E-state index in [0.717, 1.165) is 22.6 Å². The Labute approximate surface area is 151 Å². The molecule has 26 heavy (non-hydrogen) atoms. The number of imidazole rings is 2. The first-order valence-electron chi connectivity index (χ1n) is 8.64. The summed E-state index contributed by atoms with van der Waals surface area (Å²) < 4.78 is 3.94. The van der Waals surface area contributed by atoms with Gasteiger partial charge >= 0.3 is 0 Å². The molecular formula is C20H21N5O. The molecule has 0 fully saturated rings. The van der Waals surface area contributed by atoms with Gasteiger partial charge in [0.05, 0.1) is 36.6 Å². The van der Waals surface area contributed by atoms with Crippen LogP contribution in [0, 0.1) is 13.8 Å². The molecule has 0 spiro atoms. The number of hydrogen-bond acceptors (Lipinski definition) is 4. The third kappa shape index (κ3) is 3.11. The lowest BCUT2D eigenvalue weighted by Gasteiger charge is -2.15. The van der Waals surface area contributed by atoms with Crippen molar-refractivity contribution in [2.45, 2.75) is 33.0 Å². The molecule has 4 rings (SSSR count). The predicted molar refractivity (Wildman–Crippen MR) is 101 cm³/mol.